The van der Waals surface area contributed by atoms with E-state index in [1.54, 1.807) is 36.5 Å². The topological polar surface area (TPSA) is 71.1 Å². The highest BCUT2D eigenvalue weighted by Gasteiger charge is 2.58. The Morgan fingerprint density at radius 2 is 1.77 bits per heavy atom. The number of rotatable bonds is 6. The van der Waals surface area contributed by atoms with Crippen molar-refractivity contribution in [3.8, 4) is 0 Å². The highest BCUT2D eigenvalue weighted by atomic mass is 35.5. The van der Waals surface area contributed by atoms with Crippen LogP contribution in [0.15, 0.2) is 36.5 Å². The molecule has 3 unspecified atom stereocenters. The van der Waals surface area contributed by atoms with Crippen LogP contribution < -0.4 is 10.6 Å². The highest BCUT2D eigenvalue weighted by molar-refractivity contribution is 6.34. The molecule has 2 saturated carbocycles. The third kappa shape index (κ3) is 4.19. The zero-order valence-electron chi connectivity index (χ0n) is 17.0. The van der Waals surface area contributed by atoms with Crippen molar-refractivity contribution in [2.45, 2.75) is 45.2 Å². The van der Waals surface area contributed by atoms with Crippen molar-refractivity contribution >= 4 is 35.0 Å². The van der Waals surface area contributed by atoms with Crippen LogP contribution in [0.5, 0.6) is 0 Å². The van der Waals surface area contributed by atoms with E-state index in [0.717, 1.165) is 24.8 Å². The molecule has 0 spiro atoms. The summed E-state index contributed by atoms with van der Waals surface area (Å²) in [5.41, 5.74) is 1.75. The van der Waals surface area contributed by atoms with Crippen LogP contribution in [0.3, 0.4) is 0 Å². The van der Waals surface area contributed by atoms with E-state index in [4.69, 9.17) is 23.2 Å². The largest absolute Gasteiger partial charge is 0.349 e. The van der Waals surface area contributed by atoms with Crippen molar-refractivity contribution < 1.29 is 9.59 Å². The Morgan fingerprint density at radius 1 is 1.10 bits per heavy atom. The first-order valence-corrected chi connectivity index (χ1v) is 11.1. The van der Waals surface area contributed by atoms with Crippen LogP contribution in [0.4, 0.5) is 0 Å². The van der Waals surface area contributed by atoms with E-state index in [0.29, 0.717) is 33.4 Å². The molecule has 7 heteroatoms. The number of hydrogen-bond donors (Lipinski definition) is 2. The summed E-state index contributed by atoms with van der Waals surface area (Å²) in [4.78, 5) is 29.3. The molecule has 0 bridgehead atoms. The second kappa shape index (κ2) is 8.56. The van der Waals surface area contributed by atoms with Crippen LogP contribution in [0, 0.1) is 24.7 Å². The molecule has 2 N–H and O–H groups in total. The second-order valence-corrected chi connectivity index (χ2v) is 9.15. The molecule has 0 radical (unpaired) electrons. The number of pyridine rings is 1. The Hall–Kier alpha value is -2.11. The highest BCUT2D eigenvalue weighted by Crippen LogP contribution is 2.59. The summed E-state index contributed by atoms with van der Waals surface area (Å²) in [6, 6.07) is 9.01. The maximum atomic E-state index is 12.6. The van der Waals surface area contributed by atoms with Gasteiger partial charge in [0, 0.05) is 28.9 Å². The van der Waals surface area contributed by atoms with Gasteiger partial charge >= 0.3 is 0 Å². The fraction of sp³-hybridized carbons (Fsp3) is 0.435. The summed E-state index contributed by atoms with van der Waals surface area (Å²) < 4.78 is 0. The number of benzene rings is 1. The van der Waals surface area contributed by atoms with Crippen LogP contribution >= 0.6 is 23.2 Å². The average Bonchev–Trinajstić information content (AvgIpc) is 3.22. The first-order valence-electron chi connectivity index (χ1n) is 10.4. The van der Waals surface area contributed by atoms with Gasteiger partial charge in [0.2, 0.25) is 0 Å². The normalized spacial score (nSPS) is 25.3. The summed E-state index contributed by atoms with van der Waals surface area (Å²) in [5, 5.41) is 7.30. The van der Waals surface area contributed by atoms with E-state index >= 15 is 0 Å². The van der Waals surface area contributed by atoms with Crippen LogP contribution in [0.25, 0.3) is 0 Å². The van der Waals surface area contributed by atoms with Crippen LogP contribution in [0.2, 0.25) is 10.0 Å². The molecular weight excluding hydrogens is 421 g/mol. The molecule has 2 aliphatic carbocycles. The predicted octanol–water partition coefficient (Wildman–Crippen LogP) is 4.66. The quantitative estimate of drug-likeness (QED) is 0.678. The molecule has 1 aromatic carbocycles. The van der Waals surface area contributed by atoms with Gasteiger partial charge in [0.1, 0.15) is 5.69 Å². The molecule has 2 aliphatic rings. The molecular formula is C23H25Cl2N3O2. The van der Waals surface area contributed by atoms with Crippen LogP contribution in [0.1, 0.15) is 52.6 Å². The first kappa shape index (κ1) is 21.1. The van der Waals surface area contributed by atoms with E-state index in [9.17, 15) is 9.59 Å². The molecule has 0 aliphatic heterocycles. The minimum absolute atomic E-state index is 0.0616. The van der Waals surface area contributed by atoms with Crippen LogP contribution in [-0.4, -0.2) is 28.9 Å². The zero-order valence-corrected chi connectivity index (χ0v) is 18.5. The van der Waals surface area contributed by atoms with Crippen molar-refractivity contribution in [3.63, 3.8) is 0 Å². The van der Waals surface area contributed by atoms with Crippen LogP contribution in [-0.2, 0) is 0 Å². The SMILES string of the molecule is CCC(NC(=O)c1ccc(Cl)cc1)C1[C@H]2CC(NC(=O)c3nccc(C)c3Cl)C[C@@H]12. The van der Waals surface area contributed by atoms with E-state index in [1.807, 2.05) is 6.92 Å². The number of halogens is 2. The lowest BCUT2D eigenvalue weighted by molar-refractivity contribution is 0.0926. The summed E-state index contributed by atoms with van der Waals surface area (Å²) in [6.07, 6.45) is 4.35. The maximum absolute atomic E-state index is 12.6. The van der Waals surface area contributed by atoms with E-state index in [2.05, 4.69) is 22.5 Å². The molecule has 1 heterocycles. The number of nitrogens with zero attached hydrogens (tertiary/aromatic N) is 1. The fourth-order valence-corrected chi connectivity index (χ4v) is 5.21. The molecule has 4 rings (SSSR count). The van der Waals surface area contributed by atoms with Gasteiger partial charge in [0.05, 0.1) is 5.02 Å². The Morgan fingerprint density at radius 3 is 2.40 bits per heavy atom. The standard InChI is InChI=1S/C23H25Cl2N3O2/c1-3-18(28-22(29)13-4-6-14(24)7-5-13)19-16-10-15(11-17(16)19)27-23(30)21-20(25)12(2)8-9-26-21/h4-9,15-19H,3,10-11H2,1-2H3,(H,27,30)(H,28,29)/t15?,16-,17+,18?,19?. The Labute approximate surface area is 186 Å². The number of aromatic nitrogens is 1. The van der Waals surface area contributed by atoms with Gasteiger partial charge in [-0.05, 0) is 79.8 Å². The molecule has 5 nitrogen and oxygen atoms in total. The van der Waals surface area contributed by atoms with Gasteiger partial charge in [-0.15, -0.1) is 0 Å². The number of nitrogens with one attached hydrogen (secondary N) is 2. The van der Waals surface area contributed by atoms with E-state index < -0.39 is 0 Å². The Bertz CT molecular complexity index is 951. The van der Waals surface area contributed by atoms with E-state index in [-0.39, 0.29) is 29.6 Å². The van der Waals surface area contributed by atoms with Gasteiger partial charge in [-0.25, -0.2) is 4.98 Å². The molecule has 0 saturated heterocycles. The smallest absolute Gasteiger partial charge is 0.271 e. The van der Waals surface area contributed by atoms with Crippen molar-refractivity contribution in [1.82, 2.24) is 15.6 Å². The number of aryl methyl sites for hydroxylation is 1. The first-order chi connectivity index (χ1) is 14.4. The lowest BCUT2D eigenvalue weighted by Gasteiger charge is -2.22. The zero-order chi connectivity index (χ0) is 21.4. The predicted molar refractivity (Wildman–Crippen MR) is 118 cm³/mol. The molecule has 1 aromatic heterocycles. The molecule has 2 aromatic rings. The van der Waals surface area contributed by atoms with Gasteiger partial charge in [0.25, 0.3) is 11.8 Å². The maximum Gasteiger partial charge on any atom is 0.271 e. The van der Waals surface area contributed by atoms with Gasteiger partial charge in [-0.2, -0.15) is 0 Å². The fourth-order valence-electron chi connectivity index (χ4n) is 4.88. The number of hydrogen-bond acceptors (Lipinski definition) is 3. The number of fused-ring (bicyclic) bond motifs is 1. The summed E-state index contributed by atoms with van der Waals surface area (Å²) in [7, 11) is 0. The third-order valence-electron chi connectivity index (χ3n) is 6.47. The van der Waals surface area contributed by atoms with Crippen molar-refractivity contribution in [1.29, 1.82) is 0 Å². The minimum atomic E-state index is -0.213. The van der Waals surface area contributed by atoms with Gasteiger partial charge in [0.15, 0.2) is 0 Å². The van der Waals surface area contributed by atoms with Gasteiger partial charge in [-0.3, -0.25) is 9.59 Å². The monoisotopic (exact) mass is 445 g/mol. The van der Waals surface area contributed by atoms with Crippen molar-refractivity contribution in [2.24, 2.45) is 17.8 Å². The third-order valence-corrected chi connectivity index (χ3v) is 7.20. The van der Waals surface area contributed by atoms with E-state index in [1.165, 1.54) is 0 Å². The Kier molecular flexibility index (Phi) is 6.03. The summed E-state index contributed by atoms with van der Waals surface area (Å²) >= 11 is 12.1. The molecule has 2 amide bonds. The van der Waals surface area contributed by atoms with Crippen molar-refractivity contribution in [2.75, 3.05) is 0 Å². The second-order valence-electron chi connectivity index (χ2n) is 8.33. The van der Waals surface area contributed by atoms with Crippen molar-refractivity contribution in [3.05, 3.63) is 63.4 Å². The number of amides is 2. The van der Waals surface area contributed by atoms with Gasteiger partial charge in [-0.1, -0.05) is 30.1 Å². The molecule has 2 fully saturated rings. The summed E-state index contributed by atoms with van der Waals surface area (Å²) in [5.74, 6) is 1.27. The summed E-state index contributed by atoms with van der Waals surface area (Å²) in [6.45, 7) is 3.96. The minimum Gasteiger partial charge on any atom is -0.349 e. The molecule has 158 valence electrons. The number of carbonyl (C=O) groups excluding carboxylic acids is 2. The van der Waals surface area contributed by atoms with Gasteiger partial charge < -0.3 is 10.6 Å². The number of carbonyl (C=O) groups is 2. The molecule has 5 atom stereocenters. The average molecular weight is 446 g/mol. The molecule has 30 heavy (non-hydrogen) atoms. The lowest BCUT2D eigenvalue weighted by atomic mass is 9.99. The Balaban J connectivity index is 1.31. The lowest BCUT2D eigenvalue weighted by Crippen LogP contribution is -2.39.